The van der Waals surface area contributed by atoms with Crippen LogP contribution in [0.3, 0.4) is 0 Å². The van der Waals surface area contributed by atoms with Crippen molar-refractivity contribution in [3.63, 3.8) is 0 Å². The average Bonchev–Trinajstić information content (AvgIpc) is 3.41. The molecule has 0 saturated carbocycles. The summed E-state index contributed by atoms with van der Waals surface area (Å²) >= 11 is 0. The van der Waals surface area contributed by atoms with E-state index in [2.05, 4.69) is 86.8 Å². The fraction of sp³-hybridized carbons (Fsp3) is 0.797. The van der Waals surface area contributed by atoms with Crippen LogP contribution in [0.4, 0.5) is 0 Å². The summed E-state index contributed by atoms with van der Waals surface area (Å²) < 4.78 is 30.7. The number of rotatable bonds is 60. The van der Waals surface area contributed by atoms with Gasteiger partial charge < -0.3 is 19.4 Å². The molecule has 0 radical (unpaired) electrons. The molecule has 460 valence electrons. The highest BCUT2D eigenvalue weighted by Crippen LogP contribution is 2.43. The van der Waals surface area contributed by atoms with Gasteiger partial charge in [-0.25, -0.2) is 4.57 Å². The molecule has 0 saturated heterocycles. The summed E-state index contributed by atoms with van der Waals surface area (Å²) in [6.07, 6.45) is 76.3. The number of phosphoric ester groups is 1. The van der Waals surface area contributed by atoms with Gasteiger partial charge in [-0.3, -0.25) is 18.6 Å². The molecule has 3 atom stereocenters. The molecular weight excluding hydrogens is 1000 g/mol. The number of quaternary nitrogens is 1. The van der Waals surface area contributed by atoms with E-state index in [9.17, 15) is 19.0 Å². The van der Waals surface area contributed by atoms with Gasteiger partial charge in [0, 0.05) is 12.8 Å². The number of nitrogens with one attached hydrogen (secondary N) is 1. The minimum atomic E-state index is -4.45. The lowest BCUT2D eigenvalue weighted by Gasteiger charge is -2.27. The number of carbonyl (C=O) groups excluding carboxylic acids is 2. The van der Waals surface area contributed by atoms with Crippen molar-refractivity contribution in [2.24, 2.45) is 0 Å². The number of allylic oxidation sites excluding steroid dienone is 11. The zero-order valence-electron chi connectivity index (χ0n) is 52.6. The minimum Gasteiger partial charge on any atom is -0.456 e. The van der Waals surface area contributed by atoms with Gasteiger partial charge in [0.25, 0.3) is 0 Å². The van der Waals surface area contributed by atoms with E-state index in [1.807, 2.05) is 33.3 Å². The van der Waals surface area contributed by atoms with E-state index in [1.165, 1.54) is 186 Å². The maximum atomic E-state index is 13.6. The van der Waals surface area contributed by atoms with E-state index in [0.717, 1.165) is 83.5 Å². The number of unbranched alkanes of at least 4 members (excludes halogenated alkanes) is 36. The average molecular weight is 1130 g/mol. The van der Waals surface area contributed by atoms with Crippen molar-refractivity contribution in [2.45, 2.75) is 315 Å². The molecule has 0 bridgehead atoms. The molecule has 1 amide bonds. The smallest absolute Gasteiger partial charge is 0.456 e. The first-order chi connectivity index (χ1) is 38.4. The van der Waals surface area contributed by atoms with E-state index >= 15 is 0 Å². The zero-order valence-corrected chi connectivity index (χ0v) is 53.5. The van der Waals surface area contributed by atoms with Crippen LogP contribution < -0.4 is 5.32 Å². The van der Waals surface area contributed by atoms with Crippen molar-refractivity contribution in [3.05, 3.63) is 72.9 Å². The maximum absolute atomic E-state index is 13.6. The number of nitrogens with zero attached hydrogens (tertiary/aromatic N) is 1. The van der Waals surface area contributed by atoms with Crippen LogP contribution in [-0.4, -0.2) is 74.3 Å². The summed E-state index contributed by atoms with van der Waals surface area (Å²) in [4.78, 5) is 37.7. The normalized spacial score (nSPS) is 14.1. The number of esters is 1. The fourth-order valence-electron chi connectivity index (χ4n) is 9.56. The summed E-state index contributed by atoms with van der Waals surface area (Å²) in [6.45, 7) is 6.87. The van der Waals surface area contributed by atoms with Crippen LogP contribution in [0.1, 0.15) is 303 Å². The molecule has 0 aromatic heterocycles. The number of hydrogen-bond acceptors (Lipinski definition) is 6. The Bertz CT molecular complexity index is 1580. The molecule has 2 N–H and O–H groups in total. The van der Waals surface area contributed by atoms with Crippen LogP contribution in [0, 0.1) is 0 Å². The van der Waals surface area contributed by atoms with Crippen LogP contribution in [-0.2, 0) is 27.9 Å². The highest BCUT2D eigenvalue weighted by atomic mass is 31.2. The summed E-state index contributed by atoms with van der Waals surface area (Å²) in [5.41, 5.74) is 0. The Balaban J connectivity index is 4.99. The third-order valence-corrected chi connectivity index (χ3v) is 15.7. The highest BCUT2D eigenvalue weighted by Gasteiger charge is 2.30. The zero-order chi connectivity index (χ0) is 57.9. The highest BCUT2D eigenvalue weighted by molar-refractivity contribution is 7.47. The van der Waals surface area contributed by atoms with Gasteiger partial charge in [-0.1, -0.05) is 280 Å². The molecule has 0 rings (SSSR count). The molecule has 79 heavy (non-hydrogen) atoms. The summed E-state index contributed by atoms with van der Waals surface area (Å²) in [5.74, 6) is -0.513. The molecule has 0 aromatic carbocycles. The molecule has 0 spiro atoms. The van der Waals surface area contributed by atoms with Crippen molar-refractivity contribution >= 4 is 19.7 Å². The third-order valence-electron chi connectivity index (χ3n) is 14.7. The van der Waals surface area contributed by atoms with Gasteiger partial charge >= 0.3 is 13.8 Å². The largest absolute Gasteiger partial charge is 0.472 e. The minimum absolute atomic E-state index is 0.0370. The van der Waals surface area contributed by atoms with Gasteiger partial charge in [-0.15, -0.1) is 0 Å². The number of likely N-dealkylation sites (N-methyl/N-ethyl adjacent to an activating group) is 1. The van der Waals surface area contributed by atoms with Gasteiger partial charge in [0.15, 0.2) is 0 Å². The Morgan fingerprint density at radius 1 is 0.468 bits per heavy atom. The molecule has 0 aliphatic carbocycles. The van der Waals surface area contributed by atoms with Crippen molar-refractivity contribution in [3.8, 4) is 0 Å². The van der Waals surface area contributed by atoms with E-state index in [1.54, 1.807) is 0 Å². The Kier molecular flexibility index (Phi) is 56.7. The first-order valence-corrected chi connectivity index (χ1v) is 34.8. The number of amides is 1. The summed E-state index contributed by atoms with van der Waals surface area (Å²) in [5, 5.41) is 3.06. The van der Waals surface area contributed by atoms with Crippen molar-refractivity contribution < 1.29 is 37.3 Å². The van der Waals surface area contributed by atoms with Crippen molar-refractivity contribution in [1.82, 2.24) is 5.32 Å². The Morgan fingerprint density at radius 2 is 0.861 bits per heavy atom. The third kappa shape index (κ3) is 59.9. The molecule has 10 heteroatoms. The van der Waals surface area contributed by atoms with E-state index < -0.39 is 20.0 Å². The second-order valence-electron chi connectivity index (χ2n) is 23.7. The molecule has 0 aromatic rings. The standard InChI is InChI=1S/C69H127N2O7P/c1-7-10-13-16-19-22-25-27-29-30-31-32-33-34-35-36-37-38-39-40-42-43-46-49-52-55-58-61-68(72)70-66(65-77-79(74,75)76-64-63-71(4,5)6)67(60-57-54-51-48-45-24-21-18-15-12-9-3)78-69(73)62-59-56-53-50-47-44-41-28-26-23-20-17-14-11-8-2/h11,14,17,19-20,22-23,26-27,29,57,60,66-67H,7-10,12-13,15-16,18,21,24-25,28,30-56,58-59,61-65H2,1-6H3,(H-,70,72,74,75)/p+1/b14-11+,20-17+,22-19-,26-23+,29-27-,60-57-. The number of hydrogen-bond donors (Lipinski definition) is 2. The molecule has 9 nitrogen and oxygen atoms in total. The monoisotopic (exact) mass is 1130 g/mol. The van der Waals surface area contributed by atoms with Crippen LogP contribution in [0.25, 0.3) is 0 Å². The van der Waals surface area contributed by atoms with Crippen molar-refractivity contribution in [2.75, 3.05) is 40.9 Å². The fourth-order valence-corrected chi connectivity index (χ4v) is 10.3. The quantitative estimate of drug-likeness (QED) is 0.0156. The predicted molar refractivity (Wildman–Crippen MR) is 341 cm³/mol. The van der Waals surface area contributed by atoms with Crippen LogP contribution in [0.2, 0.25) is 0 Å². The van der Waals surface area contributed by atoms with Gasteiger partial charge in [0.05, 0.1) is 33.8 Å². The maximum Gasteiger partial charge on any atom is 0.472 e. The second kappa shape index (κ2) is 58.6. The number of phosphoric acid groups is 1. The molecule has 0 aliphatic heterocycles. The van der Waals surface area contributed by atoms with Crippen LogP contribution in [0.5, 0.6) is 0 Å². The van der Waals surface area contributed by atoms with Crippen LogP contribution in [0.15, 0.2) is 72.9 Å². The number of carbonyl (C=O) groups is 2. The molecule has 0 fully saturated rings. The van der Waals surface area contributed by atoms with E-state index in [0.29, 0.717) is 17.4 Å². The first kappa shape index (κ1) is 76.5. The first-order valence-electron chi connectivity index (χ1n) is 33.3. The van der Waals surface area contributed by atoms with E-state index in [4.69, 9.17) is 13.8 Å². The lowest BCUT2D eigenvalue weighted by Crippen LogP contribution is -2.47. The van der Waals surface area contributed by atoms with Gasteiger partial charge in [0.1, 0.15) is 19.3 Å². The molecule has 0 aliphatic rings. The summed E-state index contributed by atoms with van der Waals surface area (Å²) in [6, 6.07) is -0.854. The Labute approximate surface area is 489 Å². The van der Waals surface area contributed by atoms with Gasteiger partial charge in [0.2, 0.25) is 5.91 Å². The summed E-state index contributed by atoms with van der Waals surface area (Å²) in [7, 11) is 1.49. The molecular formula is C69H128N2O7P+. The Morgan fingerprint density at radius 3 is 1.33 bits per heavy atom. The number of ether oxygens (including phenoxy) is 1. The lowest BCUT2D eigenvalue weighted by molar-refractivity contribution is -0.870. The predicted octanol–water partition coefficient (Wildman–Crippen LogP) is 20.8. The molecule has 0 heterocycles. The Hall–Kier alpha value is -2.55. The van der Waals surface area contributed by atoms with E-state index in [-0.39, 0.29) is 31.5 Å². The molecule has 3 unspecified atom stereocenters. The van der Waals surface area contributed by atoms with Crippen LogP contribution >= 0.6 is 7.82 Å². The second-order valence-corrected chi connectivity index (χ2v) is 25.1. The SMILES string of the molecule is CC/C=C/C=C/C=C/CCCCCCCCCC(=O)OC(/C=C\CCCCCCCCCCC)C(COP(=O)(O)OCC[N+](C)(C)C)NC(=O)CCCCCCCCCCCCCCCCCCC/C=C\C/C=C\CCCCC. The topological polar surface area (TPSA) is 111 Å². The van der Waals surface area contributed by atoms with Gasteiger partial charge in [-0.2, -0.15) is 0 Å². The van der Waals surface area contributed by atoms with Gasteiger partial charge in [-0.05, 0) is 83.1 Å². The van der Waals surface area contributed by atoms with Crippen molar-refractivity contribution in [1.29, 1.82) is 0 Å². The lowest BCUT2D eigenvalue weighted by atomic mass is 10.0.